The van der Waals surface area contributed by atoms with Crippen molar-refractivity contribution in [2.24, 2.45) is 0 Å². The Hall–Kier alpha value is -1.98. The van der Waals surface area contributed by atoms with E-state index in [0.29, 0.717) is 6.54 Å². The highest BCUT2D eigenvalue weighted by atomic mass is 79.9. The third-order valence-electron chi connectivity index (χ3n) is 3.68. The Morgan fingerprint density at radius 2 is 1.73 bits per heavy atom. The van der Waals surface area contributed by atoms with Crippen LogP contribution in [0.2, 0.25) is 0 Å². The number of aliphatic hydroxyl groups is 1. The van der Waals surface area contributed by atoms with Crippen LogP contribution in [0, 0.1) is 0 Å². The fourth-order valence-corrected chi connectivity index (χ4v) is 2.78. The number of hydrogen-bond acceptors (Lipinski definition) is 3. The average Bonchev–Trinajstić information content (AvgIpc) is 3.07. The molecule has 0 amide bonds. The molecule has 2 aromatic carbocycles. The molecule has 5 heteroatoms. The van der Waals surface area contributed by atoms with Crippen molar-refractivity contribution in [1.29, 1.82) is 0 Å². The molecule has 3 rings (SSSR count). The van der Waals surface area contributed by atoms with Crippen molar-refractivity contribution in [2.45, 2.75) is 18.6 Å². The van der Waals surface area contributed by atoms with Gasteiger partial charge in [0.05, 0.1) is 18.8 Å². The zero-order valence-corrected chi connectivity index (χ0v) is 13.5. The van der Waals surface area contributed by atoms with Gasteiger partial charge in [-0.1, -0.05) is 63.6 Å². The first kappa shape index (κ1) is 14.9. The molecule has 1 aromatic heterocycles. The summed E-state index contributed by atoms with van der Waals surface area (Å²) in [5, 5.41) is 18.7. The maximum atomic E-state index is 10.8. The summed E-state index contributed by atoms with van der Waals surface area (Å²) in [6.45, 7) is 0.567. The number of nitrogens with zero attached hydrogens (tertiary/aromatic N) is 3. The number of hydrogen-bond donors (Lipinski definition) is 1. The molecule has 0 aliphatic carbocycles. The van der Waals surface area contributed by atoms with Crippen molar-refractivity contribution in [1.82, 2.24) is 15.0 Å². The van der Waals surface area contributed by atoms with Crippen LogP contribution < -0.4 is 0 Å². The van der Waals surface area contributed by atoms with Gasteiger partial charge in [-0.3, -0.25) is 4.68 Å². The van der Waals surface area contributed by atoms with E-state index in [4.69, 9.17) is 0 Å². The van der Waals surface area contributed by atoms with Crippen LogP contribution >= 0.6 is 15.9 Å². The quantitative estimate of drug-likeness (QED) is 0.759. The van der Waals surface area contributed by atoms with Gasteiger partial charge in [-0.25, -0.2) is 0 Å². The summed E-state index contributed by atoms with van der Waals surface area (Å²) >= 11 is 3.45. The Kier molecular flexibility index (Phi) is 4.65. The van der Waals surface area contributed by atoms with Crippen molar-refractivity contribution in [2.75, 3.05) is 0 Å². The minimum absolute atomic E-state index is 0.0998. The molecule has 3 aromatic rings. The second kappa shape index (κ2) is 6.85. The summed E-state index contributed by atoms with van der Waals surface area (Å²) in [7, 11) is 0. The molecule has 0 fully saturated rings. The molecule has 4 nitrogen and oxygen atoms in total. The molecule has 2 atom stereocenters. The topological polar surface area (TPSA) is 50.9 Å². The summed E-state index contributed by atoms with van der Waals surface area (Å²) in [6, 6.07) is 17.7. The van der Waals surface area contributed by atoms with Crippen molar-refractivity contribution < 1.29 is 5.11 Å². The highest BCUT2D eigenvalue weighted by Gasteiger charge is 2.23. The lowest BCUT2D eigenvalue weighted by molar-refractivity contribution is 0.133. The van der Waals surface area contributed by atoms with E-state index in [1.807, 2.05) is 60.8 Å². The second-order valence-corrected chi connectivity index (χ2v) is 6.05. The number of rotatable bonds is 5. The molecule has 0 bridgehead atoms. The summed E-state index contributed by atoms with van der Waals surface area (Å²) in [4.78, 5) is 0. The summed E-state index contributed by atoms with van der Waals surface area (Å²) in [6.07, 6.45) is 2.85. The first-order valence-corrected chi connectivity index (χ1v) is 7.86. The zero-order valence-electron chi connectivity index (χ0n) is 11.9. The van der Waals surface area contributed by atoms with Gasteiger partial charge in [-0.05, 0) is 23.3 Å². The predicted molar refractivity (Wildman–Crippen MR) is 88.3 cm³/mol. The molecule has 0 saturated heterocycles. The molecular weight excluding hydrogens is 342 g/mol. The highest BCUT2D eigenvalue weighted by molar-refractivity contribution is 9.10. The normalized spacial score (nSPS) is 13.7. The lowest BCUT2D eigenvalue weighted by atomic mass is 9.89. The molecule has 0 spiro atoms. The molecular formula is C17H16BrN3O. The molecule has 0 unspecified atom stereocenters. The largest absolute Gasteiger partial charge is 0.388 e. The van der Waals surface area contributed by atoms with Gasteiger partial charge in [0.2, 0.25) is 0 Å². The third kappa shape index (κ3) is 3.43. The number of halogens is 1. The van der Waals surface area contributed by atoms with Gasteiger partial charge < -0.3 is 5.11 Å². The Bertz CT molecular complexity index is 699. The van der Waals surface area contributed by atoms with Crippen molar-refractivity contribution in [3.05, 3.63) is 82.6 Å². The van der Waals surface area contributed by atoms with Crippen LogP contribution in [0.5, 0.6) is 0 Å². The molecule has 1 N–H and O–H groups in total. The lowest BCUT2D eigenvalue weighted by Crippen LogP contribution is -2.18. The standard InChI is InChI=1S/C17H16BrN3O/c18-15-8-6-13(7-9-15)16(12-21-11-10-19-20-21)17(22)14-4-2-1-3-5-14/h1-11,16-17,22H,12H2/t16-,17+/m1/s1. The van der Waals surface area contributed by atoms with Gasteiger partial charge in [-0.2, -0.15) is 0 Å². The maximum absolute atomic E-state index is 10.8. The van der Waals surface area contributed by atoms with E-state index in [2.05, 4.69) is 26.2 Å². The van der Waals surface area contributed by atoms with Gasteiger partial charge in [0.1, 0.15) is 0 Å². The number of benzene rings is 2. The first-order chi connectivity index (χ1) is 10.7. The predicted octanol–water partition coefficient (Wildman–Crippen LogP) is 3.56. The van der Waals surface area contributed by atoms with Crippen LogP contribution in [-0.2, 0) is 6.54 Å². The van der Waals surface area contributed by atoms with Crippen molar-refractivity contribution in [3.63, 3.8) is 0 Å². The maximum Gasteiger partial charge on any atom is 0.0876 e. The Morgan fingerprint density at radius 1 is 1.00 bits per heavy atom. The van der Waals surface area contributed by atoms with Crippen LogP contribution in [0.3, 0.4) is 0 Å². The molecule has 0 aliphatic heterocycles. The van der Waals surface area contributed by atoms with Crippen LogP contribution in [0.1, 0.15) is 23.1 Å². The van der Waals surface area contributed by atoms with Crippen LogP contribution in [-0.4, -0.2) is 20.1 Å². The smallest absolute Gasteiger partial charge is 0.0876 e. The first-order valence-electron chi connectivity index (χ1n) is 7.06. The molecule has 0 saturated carbocycles. The monoisotopic (exact) mass is 357 g/mol. The van der Waals surface area contributed by atoms with Gasteiger partial charge in [-0.15, -0.1) is 5.10 Å². The van der Waals surface area contributed by atoms with Gasteiger partial charge in [0, 0.05) is 16.6 Å². The Balaban J connectivity index is 1.93. The second-order valence-electron chi connectivity index (χ2n) is 5.14. The van der Waals surface area contributed by atoms with E-state index >= 15 is 0 Å². The Labute approximate surface area is 137 Å². The van der Waals surface area contributed by atoms with Crippen LogP contribution in [0.25, 0.3) is 0 Å². The average molecular weight is 358 g/mol. The molecule has 0 radical (unpaired) electrons. The van der Waals surface area contributed by atoms with Crippen molar-refractivity contribution >= 4 is 15.9 Å². The van der Waals surface area contributed by atoms with Crippen LogP contribution in [0.4, 0.5) is 0 Å². The molecule has 0 aliphatic rings. The van der Waals surface area contributed by atoms with E-state index in [1.54, 1.807) is 10.9 Å². The van der Waals surface area contributed by atoms with Gasteiger partial charge in [0.15, 0.2) is 0 Å². The minimum atomic E-state index is -0.605. The fourth-order valence-electron chi connectivity index (χ4n) is 2.51. The van der Waals surface area contributed by atoms with E-state index in [9.17, 15) is 5.11 Å². The SMILES string of the molecule is O[C@@H](c1ccccc1)[C@H](Cn1ccnn1)c1ccc(Br)cc1. The van der Waals surface area contributed by atoms with E-state index in [-0.39, 0.29) is 5.92 Å². The summed E-state index contributed by atoms with van der Waals surface area (Å²) < 4.78 is 2.77. The summed E-state index contributed by atoms with van der Waals surface area (Å²) in [5.41, 5.74) is 1.96. The number of aromatic nitrogens is 3. The van der Waals surface area contributed by atoms with E-state index in [0.717, 1.165) is 15.6 Å². The van der Waals surface area contributed by atoms with Crippen molar-refractivity contribution in [3.8, 4) is 0 Å². The lowest BCUT2D eigenvalue weighted by Gasteiger charge is -2.23. The van der Waals surface area contributed by atoms with E-state index in [1.165, 1.54) is 0 Å². The minimum Gasteiger partial charge on any atom is -0.388 e. The van der Waals surface area contributed by atoms with Crippen LogP contribution in [0.15, 0.2) is 71.5 Å². The Morgan fingerprint density at radius 3 is 2.36 bits per heavy atom. The number of aliphatic hydroxyl groups excluding tert-OH is 1. The van der Waals surface area contributed by atoms with Gasteiger partial charge in [0.25, 0.3) is 0 Å². The molecule has 22 heavy (non-hydrogen) atoms. The highest BCUT2D eigenvalue weighted by Crippen LogP contribution is 2.32. The molecule has 1 heterocycles. The third-order valence-corrected chi connectivity index (χ3v) is 4.20. The fraction of sp³-hybridized carbons (Fsp3) is 0.176. The van der Waals surface area contributed by atoms with Gasteiger partial charge >= 0.3 is 0 Å². The summed E-state index contributed by atoms with van der Waals surface area (Å²) in [5.74, 6) is -0.0998. The zero-order chi connectivity index (χ0) is 15.4. The van der Waals surface area contributed by atoms with E-state index < -0.39 is 6.10 Å². The molecule has 112 valence electrons.